The predicted molar refractivity (Wildman–Crippen MR) is 61.6 cm³/mol. The minimum atomic E-state index is -0.800. The van der Waals surface area contributed by atoms with Gasteiger partial charge in [-0.3, -0.25) is 14.6 Å². The third kappa shape index (κ3) is 2.93. The van der Waals surface area contributed by atoms with Gasteiger partial charge in [-0.2, -0.15) is 0 Å². The fourth-order valence-corrected chi connectivity index (χ4v) is 2.19. The van der Waals surface area contributed by atoms with Crippen molar-refractivity contribution in [3.05, 3.63) is 0 Å². The van der Waals surface area contributed by atoms with Crippen molar-refractivity contribution in [1.82, 2.24) is 9.80 Å². The molecular formula is C11H22N2O3. The van der Waals surface area contributed by atoms with Crippen LogP contribution < -0.4 is 0 Å². The Kier molecular flexibility index (Phi) is 4.70. The number of ether oxygens (including phenoxy) is 1. The lowest BCUT2D eigenvalue weighted by molar-refractivity contribution is -0.147. The van der Waals surface area contributed by atoms with Crippen LogP contribution in [0.3, 0.4) is 0 Å². The monoisotopic (exact) mass is 230 g/mol. The number of hydrogen-bond acceptors (Lipinski definition) is 4. The first kappa shape index (κ1) is 13.4. The van der Waals surface area contributed by atoms with Crippen molar-refractivity contribution < 1.29 is 14.6 Å². The first-order valence-electron chi connectivity index (χ1n) is 5.65. The van der Waals surface area contributed by atoms with Gasteiger partial charge in [-0.25, -0.2) is 0 Å². The molecule has 3 unspecified atom stereocenters. The number of piperazine rings is 1. The van der Waals surface area contributed by atoms with Crippen molar-refractivity contribution in [2.45, 2.75) is 32.0 Å². The molecule has 1 fully saturated rings. The number of likely N-dealkylation sites (N-methyl/N-ethyl adjacent to an activating group) is 1. The molecule has 0 amide bonds. The Hall–Kier alpha value is -0.650. The van der Waals surface area contributed by atoms with Gasteiger partial charge in [0.05, 0.1) is 6.61 Å². The fraction of sp³-hybridized carbons (Fsp3) is 0.909. The molecule has 94 valence electrons. The van der Waals surface area contributed by atoms with Crippen LogP contribution in [0.5, 0.6) is 0 Å². The van der Waals surface area contributed by atoms with Gasteiger partial charge in [-0.05, 0) is 20.9 Å². The molecule has 1 N–H and O–H groups in total. The third-order valence-corrected chi connectivity index (χ3v) is 3.44. The van der Waals surface area contributed by atoms with Crippen molar-refractivity contribution >= 4 is 5.97 Å². The summed E-state index contributed by atoms with van der Waals surface area (Å²) in [5.74, 6) is -0.800. The van der Waals surface area contributed by atoms with Crippen molar-refractivity contribution in [3.63, 3.8) is 0 Å². The second-order valence-corrected chi connectivity index (χ2v) is 4.63. The van der Waals surface area contributed by atoms with E-state index in [1.807, 2.05) is 4.90 Å². The highest BCUT2D eigenvalue weighted by Crippen LogP contribution is 2.16. The average molecular weight is 230 g/mol. The van der Waals surface area contributed by atoms with Crippen LogP contribution in [-0.4, -0.2) is 72.9 Å². The second-order valence-electron chi connectivity index (χ2n) is 4.63. The standard InChI is InChI=1S/C11H22N2O3/c1-8-5-13(6-9(2)12(8)3)10(7-16-4)11(14)15/h8-10H,5-7H2,1-4H3,(H,14,15). The molecule has 5 nitrogen and oxygen atoms in total. The van der Waals surface area contributed by atoms with Gasteiger partial charge in [0.15, 0.2) is 0 Å². The van der Waals surface area contributed by atoms with Crippen LogP contribution in [-0.2, 0) is 9.53 Å². The lowest BCUT2D eigenvalue weighted by Crippen LogP contribution is -2.59. The highest BCUT2D eigenvalue weighted by atomic mass is 16.5. The van der Waals surface area contributed by atoms with Gasteiger partial charge in [0, 0.05) is 32.3 Å². The van der Waals surface area contributed by atoms with Crippen LogP contribution in [0.25, 0.3) is 0 Å². The molecule has 1 aliphatic rings. The SMILES string of the molecule is COCC(C(=O)O)N1CC(C)N(C)C(C)C1. The van der Waals surface area contributed by atoms with Gasteiger partial charge in [-0.15, -0.1) is 0 Å². The zero-order valence-corrected chi connectivity index (χ0v) is 10.5. The first-order valence-corrected chi connectivity index (χ1v) is 5.65. The van der Waals surface area contributed by atoms with Gasteiger partial charge < -0.3 is 9.84 Å². The van der Waals surface area contributed by atoms with Crippen molar-refractivity contribution in [1.29, 1.82) is 0 Å². The van der Waals surface area contributed by atoms with E-state index < -0.39 is 12.0 Å². The van der Waals surface area contributed by atoms with Gasteiger partial charge in [-0.1, -0.05) is 0 Å². The van der Waals surface area contributed by atoms with Crippen LogP contribution in [0.2, 0.25) is 0 Å². The molecule has 0 aromatic carbocycles. The molecule has 1 aliphatic heterocycles. The minimum Gasteiger partial charge on any atom is -0.480 e. The van der Waals surface area contributed by atoms with Gasteiger partial charge >= 0.3 is 5.97 Å². The molecule has 0 aliphatic carbocycles. The highest BCUT2D eigenvalue weighted by Gasteiger charge is 2.33. The Bertz CT molecular complexity index is 235. The molecule has 1 saturated heterocycles. The zero-order valence-electron chi connectivity index (χ0n) is 10.5. The molecular weight excluding hydrogens is 208 g/mol. The molecule has 0 aromatic rings. The van der Waals surface area contributed by atoms with Crippen LogP contribution in [0.15, 0.2) is 0 Å². The predicted octanol–water partition coefficient (Wildman–Crippen LogP) is 0.110. The number of hydrogen-bond donors (Lipinski definition) is 1. The number of rotatable bonds is 4. The van der Waals surface area contributed by atoms with E-state index in [-0.39, 0.29) is 6.61 Å². The maximum atomic E-state index is 11.1. The number of carboxylic acids is 1. The number of nitrogens with zero attached hydrogens (tertiary/aromatic N) is 2. The van der Waals surface area contributed by atoms with Crippen LogP contribution in [0, 0.1) is 0 Å². The molecule has 3 atom stereocenters. The number of carboxylic acid groups (broad SMARTS) is 1. The van der Waals surface area contributed by atoms with E-state index in [1.165, 1.54) is 0 Å². The molecule has 16 heavy (non-hydrogen) atoms. The van der Waals surface area contributed by atoms with E-state index in [9.17, 15) is 4.79 Å². The summed E-state index contributed by atoms with van der Waals surface area (Å²) in [5.41, 5.74) is 0. The fourth-order valence-electron chi connectivity index (χ4n) is 2.19. The van der Waals surface area contributed by atoms with Crippen molar-refractivity contribution in [3.8, 4) is 0 Å². The van der Waals surface area contributed by atoms with E-state index >= 15 is 0 Å². The quantitative estimate of drug-likeness (QED) is 0.743. The van der Waals surface area contributed by atoms with Crippen LogP contribution in [0.1, 0.15) is 13.8 Å². The lowest BCUT2D eigenvalue weighted by Gasteiger charge is -2.44. The minimum absolute atomic E-state index is 0.248. The van der Waals surface area contributed by atoms with E-state index in [2.05, 4.69) is 25.8 Å². The molecule has 1 heterocycles. The summed E-state index contributed by atoms with van der Waals surface area (Å²) in [7, 11) is 3.62. The average Bonchev–Trinajstić information content (AvgIpc) is 2.21. The summed E-state index contributed by atoms with van der Waals surface area (Å²) < 4.78 is 4.98. The Morgan fingerprint density at radius 2 is 1.94 bits per heavy atom. The van der Waals surface area contributed by atoms with Gasteiger partial charge in [0.1, 0.15) is 6.04 Å². The second kappa shape index (κ2) is 5.61. The molecule has 5 heteroatoms. The summed E-state index contributed by atoms with van der Waals surface area (Å²) in [6.07, 6.45) is 0. The third-order valence-electron chi connectivity index (χ3n) is 3.44. The largest absolute Gasteiger partial charge is 0.480 e. The Labute approximate surface area is 97.0 Å². The van der Waals surface area contributed by atoms with Crippen LogP contribution >= 0.6 is 0 Å². The molecule has 0 bridgehead atoms. The molecule has 0 saturated carbocycles. The van der Waals surface area contributed by atoms with E-state index in [0.717, 1.165) is 13.1 Å². The molecule has 0 aromatic heterocycles. The molecule has 1 rings (SSSR count). The Morgan fingerprint density at radius 1 is 1.44 bits per heavy atom. The number of carbonyl (C=O) groups is 1. The topological polar surface area (TPSA) is 53.0 Å². The van der Waals surface area contributed by atoms with Crippen molar-refractivity contribution in [2.75, 3.05) is 33.9 Å². The molecule has 0 radical (unpaired) electrons. The number of aliphatic carboxylic acids is 1. The summed E-state index contributed by atoms with van der Waals surface area (Å²) >= 11 is 0. The number of methoxy groups -OCH3 is 1. The van der Waals surface area contributed by atoms with Crippen LogP contribution in [0.4, 0.5) is 0 Å². The first-order chi connectivity index (χ1) is 7.47. The van der Waals surface area contributed by atoms with E-state index in [4.69, 9.17) is 9.84 Å². The smallest absolute Gasteiger partial charge is 0.323 e. The van der Waals surface area contributed by atoms with Crippen molar-refractivity contribution in [2.24, 2.45) is 0 Å². The Balaban J connectivity index is 2.68. The zero-order chi connectivity index (χ0) is 12.3. The van der Waals surface area contributed by atoms with E-state index in [0.29, 0.717) is 12.1 Å². The normalized spacial score (nSPS) is 30.2. The summed E-state index contributed by atoms with van der Waals surface area (Å²) in [4.78, 5) is 15.4. The maximum Gasteiger partial charge on any atom is 0.323 e. The Morgan fingerprint density at radius 3 is 2.31 bits per heavy atom. The highest BCUT2D eigenvalue weighted by molar-refractivity contribution is 5.73. The summed E-state index contributed by atoms with van der Waals surface area (Å²) in [6, 6.07) is 0.230. The summed E-state index contributed by atoms with van der Waals surface area (Å²) in [5, 5.41) is 9.16. The maximum absolute atomic E-state index is 11.1. The summed E-state index contributed by atoms with van der Waals surface area (Å²) in [6.45, 7) is 6.05. The lowest BCUT2D eigenvalue weighted by atomic mass is 10.1. The van der Waals surface area contributed by atoms with Gasteiger partial charge in [0.2, 0.25) is 0 Å². The molecule has 0 spiro atoms. The van der Waals surface area contributed by atoms with Gasteiger partial charge in [0.25, 0.3) is 0 Å². The van der Waals surface area contributed by atoms with E-state index in [1.54, 1.807) is 7.11 Å².